The summed E-state index contributed by atoms with van der Waals surface area (Å²) in [5.41, 5.74) is 2.39. The van der Waals surface area contributed by atoms with Gasteiger partial charge >= 0.3 is 0 Å². The van der Waals surface area contributed by atoms with Crippen LogP contribution in [0.15, 0.2) is 17.5 Å². The highest BCUT2D eigenvalue weighted by Crippen LogP contribution is 2.12. The first-order chi connectivity index (χ1) is 9.58. The van der Waals surface area contributed by atoms with Crippen LogP contribution >= 0.6 is 22.9 Å². The van der Waals surface area contributed by atoms with Crippen molar-refractivity contribution in [3.8, 4) is 0 Å². The number of carbonyl (C=O) groups excluding carboxylic acids is 1. The number of thiazole rings is 1. The van der Waals surface area contributed by atoms with Gasteiger partial charge in [0.25, 0.3) is 5.91 Å². The van der Waals surface area contributed by atoms with Crippen molar-refractivity contribution in [3.05, 3.63) is 44.6 Å². The molecule has 0 bridgehead atoms. The first-order valence-corrected chi connectivity index (χ1v) is 7.70. The minimum absolute atomic E-state index is 0.128. The molecule has 6 heteroatoms. The van der Waals surface area contributed by atoms with Gasteiger partial charge in [-0.15, -0.1) is 11.3 Å². The van der Waals surface area contributed by atoms with Gasteiger partial charge < -0.3 is 5.32 Å². The molecule has 0 aromatic carbocycles. The lowest BCUT2D eigenvalue weighted by atomic mass is 10.2. The summed E-state index contributed by atoms with van der Waals surface area (Å²) in [5, 5.41) is 6.27. The maximum absolute atomic E-state index is 12.0. The Bertz CT molecular complexity index is 612. The second kappa shape index (κ2) is 6.81. The van der Waals surface area contributed by atoms with Crippen molar-refractivity contribution in [2.75, 3.05) is 6.54 Å². The minimum Gasteiger partial charge on any atom is -0.352 e. The molecule has 2 rings (SSSR count). The highest BCUT2D eigenvalue weighted by atomic mass is 35.5. The molecule has 0 saturated carbocycles. The highest BCUT2D eigenvalue weighted by Gasteiger charge is 2.09. The summed E-state index contributed by atoms with van der Waals surface area (Å²) >= 11 is 7.52. The van der Waals surface area contributed by atoms with Crippen molar-refractivity contribution < 1.29 is 4.79 Å². The van der Waals surface area contributed by atoms with Crippen LogP contribution in [0, 0.1) is 6.92 Å². The van der Waals surface area contributed by atoms with E-state index in [2.05, 4.69) is 15.3 Å². The molecule has 0 aliphatic rings. The van der Waals surface area contributed by atoms with Gasteiger partial charge in [-0.2, -0.15) is 0 Å². The predicted octanol–water partition coefficient (Wildman–Crippen LogP) is 3.03. The molecule has 0 aliphatic heterocycles. The van der Waals surface area contributed by atoms with Gasteiger partial charge in [0.2, 0.25) is 0 Å². The van der Waals surface area contributed by atoms with E-state index in [0.717, 1.165) is 29.2 Å². The number of aryl methyl sites for hydroxylation is 2. The molecule has 2 aromatic heterocycles. The van der Waals surface area contributed by atoms with E-state index in [1.807, 2.05) is 19.2 Å². The SMILES string of the molecule is CCc1cc(C(=O)NCCc2nc(C)cs2)cc(Cl)n1. The van der Waals surface area contributed by atoms with Gasteiger partial charge in [-0.3, -0.25) is 4.79 Å². The van der Waals surface area contributed by atoms with Crippen molar-refractivity contribution in [1.29, 1.82) is 0 Å². The molecule has 0 fully saturated rings. The lowest BCUT2D eigenvalue weighted by molar-refractivity contribution is 0.0954. The minimum atomic E-state index is -0.128. The zero-order valence-electron chi connectivity index (χ0n) is 11.4. The lowest BCUT2D eigenvalue weighted by Crippen LogP contribution is -2.25. The first-order valence-electron chi connectivity index (χ1n) is 6.44. The average molecular weight is 310 g/mol. The predicted molar refractivity (Wildman–Crippen MR) is 81.5 cm³/mol. The summed E-state index contributed by atoms with van der Waals surface area (Å²) in [6, 6.07) is 3.36. The molecular weight excluding hydrogens is 294 g/mol. The van der Waals surface area contributed by atoms with E-state index in [9.17, 15) is 4.79 Å². The van der Waals surface area contributed by atoms with Crippen molar-refractivity contribution >= 4 is 28.8 Å². The third-order valence-electron chi connectivity index (χ3n) is 2.76. The number of rotatable bonds is 5. The van der Waals surface area contributed by atoms with E-state index in [1.165, 1.54) is 0 Å². The Balaban J connectivity index is 1.93. The molecule has 1 N–H and O–H groups in total. The van der Waals surface area contributed by atoms with Gasteiger partial charge in [-0.1, -0.05) is 18.5 Å². The summed E-state index contributed by atoms with van der Waals surface area (Å²) < 4.78 is 0. The van der Waals surface area contributed by atoms with E-state index in [1.54, 1.807) is 23.5 Å². The fraction of sp³-hybridized carbons (Fsp3) is 0.357. The van der Waals surface area contributed by atoms with Crippen LogP contribution in [0.25, 0.3) is 0 Å². The zero-order chi connectivity index (χ0) is 14.5. The van der Waals surface area contributed by atoms with E-state index in [-0.39, 0.29) is 5.91 Å². The molecular formula is C14H16ClN3OS. The molecule has 106 valence electrons. The summed E-state index contributed by atoms with van der Waals surface area (Å²) in [7, 11) is 0. The van der Waals surface area contributed by atoms with Crippen molar-refractivity contribution in [3.63, 3.8) is 0 Å². The molecule has 4 nitrogen and oxygen atoms in total. The molecule has 0 aliphatic carbocycles. The summed E-state index contributed by atoms with van der Waals surface area (Å²) in [6.07, 6.45) is 1.49. The third kappa shape index (κ3) is 4.02. The largest absolute Gasteiger partial charge is 0.352 e. The smallest absolute Gasteiger partial charge is 0.251 e. The summed E-state index contributed by atoms with van der Waals surface area (Å²) in [4.78, 5) is 20.5. The van der Waals surface area contributed by atoms with Crippen LogP contribution in [0.5, 0.6) is 0 Å². The number of halogens is 1. The Hall–Kier alpha value is -1.46. The van der Waals surface area contributed by atoms with E-state index < -0.39 is 0 Å². The van der Waals surface area contributed by atoms with Crippen molar-refractivity contribution in [2.45, 2.75) is 26.7 Å². The van der Waals surface area contributed by atoms with Gasteiger partial charge in [-0.25, -0.2) is 9.97 Å². The average Bonchev–Trinajstić information content (AvgIpc) is 2.83. The Labute approximate surface area is 127 Å². The van der Waals surface area contributed by atoms with Gasteiger partial charge in [0.05, 0.1) is 5.01 Å². The summed E-state index contributed by atoms with van der Waals surface area (Å²) in [6.45, 7) is 4.50. The number of hydrogen-bond donors (Lipinski definition) is 1. The van der Waals surface area contributed by atoms with Crippen LogP contribution < -0.4 is 5.32 Å². The van der Waals surface area contributed by atoms with Gasteiger partial charge in [0.1, 0.15) is 5.15 Å². The molecule has 0 radical (unpaired) electrons. The van der Waals surface area contributed by atoms with E-state index >= 15 is 0 Å². The molecule has 0 spiro atoms. The van der Waals surface area contributed by atoms with Gasteiger partial charge in [0, 0.05) is 35.3 Å². The third-order valence-corrected chi connectivity index (χ3v) is 3.98. The maximum Gasteiger partial charge on any atom is 0.251 e. The van der Waals surface area contributed by atoms with Crippen LogP contribution in [0.4, 0.5) is 0 Å². The standard InChI is InChI=1S/C14H16ClN3OS/c1-3-11-6-10(7-12(15)18-11)14(19)16-5-4-13-17-9(2)8-20-13/h6-8H,3-5H2,1-2H3,(H,16,19). The molecule has 2 aromatic rings. The van der Waals surface area contributed by atoms with Gasteiger partial charge in [0.15, 0.2) is 0 Å². The van der Waals surface area contributed by atoms with E-state index in [0.29, 0.717) is 17.3 Å². The maximum atomic E-state index is 12.0. The van der Waals surface area contributed by atoms with Crippen LogP contribution in [0.1, 0.15) is 33.7 Å². The van der Waals surface area contributed by atoms with Gasteiger partial charge in [-0.05, 0) is 25.5 Å². The van der Waals surface area contributed by atoms with E-state index in [4.69, 9.17) is 11.6 Å². The number of nitrogens with zero attached hydrogens (tertiary/aromatic N) is 2. The Kier molecular flexibility index (Phi) is 5.09. The molecule has 0 atom stereocenters. The Morgan fingerprint density at radius 1 is 1.40 bits per heavy atom. The molecule has 0 saturated heterocycles. The number of aromatic nitrogens is 2. The van der Waals surface area contributed by atoms with Crippen molar-refractivity contribution in [1.82, 2.24) is 15.3 Å². The van der Waals surface area contributed by atoms with Crippen molar-refractivity contribution in [2.24, 2.45) is 0 Å². The number of nitrogens with one attached hydrogen (secondary N) is 1. The second-order valence-corrected chi connectivity index (χ2v) is 5.74. The number of amides is 1. The number of hydrogen-bond acceptors (Lipinski definition) is 4. The summed E-state index contributed by atoms with van der Waals surface area (Å²) in [5.74, 6) is -0.128. The fourth-order valence-electron chi connectivity index (χ4n) is 1.77. The molecule has 2 heterocycles. The first kappa shape index (κ1) is 14.9. The molecule has 1 amide bonds. The molecule has 0 unspecified atom stereocenters. The quantitative estimate of drug-likeness (QED) is 0.864. The lowest BCUT2D eigenvalue weighted by Gasteiger charge is -2.06. The van der Waals surface area contributed by atoms with Crippen LogP contribution in [-0.4, -0.2) is 22.4 Å². The second-order valence-electron chi connectivity index (χ2n) is 4.41. The Morgan fingerprint density at radius 2 is 2.20 bits per heavy atom. The zero-order valence-corrected chi connectivity index (χ0v) is 13.0. The van der Waals surface area contributed by atoms with Crippen LogP contribution in [0.2, 0.25) is 5.15 Å². The van der Waals surface area contributed by atoms with Crippen LogP contribution in [-0.2, 0) is 12.8 Å². The monoisotopic (exact) mass is 309 g/mol. The number of pyridine rings is 1. The topological polar surface area (TPSA) is 54.9 Å². The highest BCUT2D eigenvalue weighted by molar-refractivity contribution is 7.09. The molecule has 20 heavy (non-hydrogen) atoms. The normalized spacial score (nSPS) is 10.6. The Morgan fingerprint density at radius 3 is 2.85 bits per heavy atom. The number of carbonyl (C=O) groups is 1. The fourth-order valence-corrected chi connectivity index (χ4v) is 2.77. The van der Waals surface area contributed by atoms with Crippen LogP contribution in [0.3, 0.4) is 0 Å².